The van der Waals surface area contributed by atoms with Crippen molar-refractivity contribution in [1.82, 2.24) is 4.98 Å². The SMILES string of the molecule is Cc1cc(C(C)O)ncc1B1OC(C)(C)C(C)(C)O1. The Labute approximate surface area is 115 Å². The topological polar surface area (TPSA) is 51.6 Å². The van der Waals surface area contributed by atoms with Crippen molar-refractivity contribution >= 4 is 12.6 Å². The van der Waals surface area contributed by atoms with Crippen molar-refractivity contribution < 1.29 is 14.4 Å². The Morgan fingerprint density at radius 1 is 1.21 bits per heavy atom. The number of rotatable bonds is 2. The molecule has 1 saturated heterocycles. The quantitative estimate of drug-likeness (QED) is 0.826. The normalized spacial score (nSPS) is 22.6. The minimum Gasteiger partial charge on any atom is -0.399 e. The molecule has 2 heterocycles. The lowest BCUT2D eigenvalue weighted by Gasteiger charge is -2.32. The van der Waals surface area contributed by atoms with Crippen LogP contribution in [0.5, 0.6) is 0 Å². The Balaban J connectivity index is 2.30. The molecule has 19 heavy (non-hydrogen) atoms. The van der Waals surface area contributed by atoms with E-state index in [1.54, 1.807) is 13.1 Å². The first-order chi connectivity index (χ1) is 8.64. The Kier molecular flexibility index (Phi) is 3.50. The summed E-state index contributed by atoms with van der Waals surface area (Å²) in [5, 5.41) is 9.55. The van der Waals surface area contributed by atoms with Crippen LogP contribution >= 0.6 is 0 Å². The van der Waals surface area contributed by atoms with Crippen molar-refractivity contribution in [1.29, 1.82) is 0 Å². The number of pyridine rings is 1. The average Bonchev–Trinajstić information content (AvgIpc) is 2.47. The molecule has 1 unspecified atom stereocenters. The molecule has 1 atom stereocenters. The fraction of sp³-hybridized carbons (Fsp3) is 0.643. The maximum atomic E-state index is 9.55. The van der Waals surface area contributed by atoms with Gasteiger partial charge in [-0.25, -0.2) is 0 Å². The van der Waals surface area contributed by atoms with Crippen LogP contribution in [0.3, 0.4) is 0 Å². The molecule has 4 nitrogen and oxygen atoms in total. The maximum absolute atomic E-state index is 9.55. The molecule has 0 radical (unpaired) electrons. The lowest BCUT2D eigenvalue weighted by Crippen LogP contribution is -2.41. The molecule has 0 amide bonds. The molecule has 104 valence electrons. The number of aromatic nitrogens is 1. The Bertz CT molecular complexity index is 470. The molecule has 0 bridgehead atoms. The van der Waals surface area contributed by atoms with Gasteiger partial charge < -0.3 is 14.4 Å². The highest BCUT2D eigenvalue weighted by Gasteiger charge is 2.52. The molecular weight excluding hydrogens is 241 g/mol. The number of aliphatic hydroxyl groups excluding tert-OH is 1. The van der Waals surface area contributed by atoms with E-state index in [9.17, 15) is 5.11 Å². The first-order valence-corrected chi connectivity index (χ1v) is 6.64. The van der Waals surface area contributed by atoms with Crippen LogP contribution in [-0.2, 0) is 9.31 Å². The zero-order valence-electron chi connectivity index (χ0n) is 12.5. The maximum Gasteiger partial charge on any atom is 0.496 e. The van der Waals surface area contributed by atoms with Gasteiger partial charge in [0.05, 0.1) is 23.0 Å². The van der Waals surface area contributed by atoms with E-state index in [0.29, 0.717) is 5.69 Å². The average molecular weight is 263 g/mol. The highest BCUT2D eigenvalue weighted by molar-refractivity contribution is 6.62. The van der Waals surface area contributed by atoms with Gasteiger partial charge in [-0.15, -0.1) is 0 Å². The highest BCUT2D eigenvalue weighted by Crippen LogP contribution is 2.36. The van der Waals surface area contributed by atoms with Crippen LogP contribution in [0.2, 0.25) is 0 Å². The van der Waals surface area contributed by atoms with Gasteiger partial charge in [0.2, 0.25) is 0 Å². The smallest absolute Gasteiger partial charge is 0.399 e. The van der Waals surface area contributed by atoms with Crippen LogP contribution in [0, 0.1) is 6.92 Å². The summed E-state index contributed by atoms with van der Waals surface area (Å²) in [4.78, 5) is 4.27. The summed E-state index contributed by atoms with van der Waals surface area (Å²) in [7, 11) is -0.402. The molecule has 0 aromatic carbocycles. The van der Waals surface area contributed by atoms with Crippen molar-refractivity contribution in [3.8, 4) is 0 Å². The van der Waals surface area contributed by atoms with Gasteiger partial charge in [0.15, 0.2) is 0 Å². The largest absolute Gasteiger partial charge is 0.496 e. The number of hydrogen-bond acceptors (Lipinski definition) is 4. The molecule has 1 N–H and O–H groups in total. The molecule has 0 aliphatic carbocycles. The van der Waals surface area contributed by atoms with Crippen LogP contribution in [0.4, 0.5) is 0 Å². The number of aliphatic hydroxyl groups is 1. The fourth-order valence-electron chi connectivity index (χ4n) is 2.03. The Hall–Kier alpha value is -0.905. The zero-order chi connectivity index (χ0) is 14.4. The summed E-state index contributed by atoms with van der Waals surface area (Å²) in [6.07, 6.45) is 1.17. The molecule has 0 spiro atoms. The molecule has 1 aromatic heterocycles. The van der Waals surface area contributed by atoms with Gasteiger partial charge in [-0.05, 0) is 53.2 Å². The first kappa shape index (κ1) is 14.5. The van der Waals surface area contributed by atoms with E-state index in [1.807, 2.05) is 40.7 Å². The van der Waals surface area contributed by atoms with E-state index in [1.165, 1.54) is 0 Å². The second-order valence-corrected chi connectivity index (χ2v) is 6.23. The molecule has 1 aromatic rings. The van der Waals surface area contributed by atoms with Gasteiger partial charge >= 0.3 is 7.12 Å². The lowest BCUT2D eigenvalue weighted by molar-refractivity contribution is 0.00578. The molecule has 1 aliphatic rings. The van der Waals surface area contributed by atoms with Crippen LogP contribution in [0.15, 0.2) is 12.3 Å². The fourth-order valence-corrected chi connectivity index (χ4v) is 2.03. The van der Waals surface area contributed by atoms with Crippen molar-refractivity contribution in [2.24, 2.45) is 0 Å². The Morgan fingerprint density at radius 2 is 1.74 bits per heavy atom. The van der Waals surface area contributed by atoms with E-state index in [2.05, 4.69) is 4.98 Å². The zero-order valence-corrected chi connectivity index (χ0v) is 12.5. The molecule has 1 fully saturated rings. The van der Waals surface area contributed by atoms with Gasteiger partial charge in [0, 0.05) is 11.7 Å². The molecule has 0 saturated carbocycles. The van der Waals surface area contributed by atoms with Crippen molar-refractivity contribution in [2.75, 3.05) is 0 Å². The summed E-state index contributed by atoms with van der Waals surface area (Å²) < 4.78 is 12.0. The van der Waals surface area contributed by atoms with Crippen LogP contribution in [0.25, 0.3) is 0 Å². The second-order valence-electron chi connectivity index (χ2n) is 6.23. The number of hydrogen-bond donors (Lipinski definition) is 1. The van der Waals surface area contributed by atoms with E-state index in [0.717, 1.165) is 11.0 Å². The molecule has 5 heteroatoms. The summed E-state index contributed by atoms with van der Waals surface area (Å²) >= 11 is 0. The summed E-state index contributed by atoms with van der Waals surface area (Å²) in [6.45, 7) is 11.8. The number of nitrogens with zero attached hydrogens (tertiary/aromatic N) is 1. The van der Waals surface area contributed by atoms with E-state index in [-0.39, 0.29) is 11.2 Å². The van der Waals surface area contributed by atoms with Gasteiger partial charge in [-0.1, -0.05) is 0 Å². The monoisotopic (exact) mass is 263 g/mol. The summed E-state index contributed by atoms with van der Waals surface area (Å²) in [5.41, 5.74) is 1.89. The first-order valence-electron chi connectivity index (χ1n) is 6.64. The third kappa shape index (κ3) is 2.55. The van der Waals surface area contributed by atoms with Gasteiger partial charge in [0.1, 0.15) is 0 Å². The summed E-state index contributed by atoms with van der Waals surface area (Å²) in [6, 6.07) is 1.88. The van der Waals surface area contributed by atoms with Crippen LogP contribution in [0.1, 0.15) is 52.0 Å². The number of aryl methyl sites for hydroxylation is 1. The predicted molar refractivity (Wildman–Crippen MR) is 75.3 cm³/mol. The van der Waals surface area contributed by atoms with Crippen molar-refractivity contribution in [3.63, 3.8) is 0 Å². The second kappa shape index (κ2) is 4.58. The van der Waals surface area contributed by atoms with Crippen molar-refractivity contribution in [3.05, 3.63) is 23.5 Å². The van der Waals surface area contributed by atoms with E-state index < -0.39 is 13.2 Å². The molecular formula is C14H22BNO3. The molecule has 1 aliphatic heterocycles. The van der Waals surface area contributed by atoms with E-state index in [4.69, 9.17) is 9.31 Å². The third-order valence-electron chi connectivity index (χ3n) is 4.11. The van der Waals surface area contributed by atoms with E-state index >= 15 is 0 Å². The minimum absolute atomic E-state index is 0.354. The molecule has 2 rings (SSSR count). The van der Waals surface area contributed by atoms with Crippen LogP contribution < -0.4 is 5.46 Å². The Morgan fingerprint density at radius 3 is 2.16 bits per heavy atom. The van der Waals surface area contributed by atoms with Gasteiger partial charge in [-0.2, -0.15) is 0 Å². The van der Waals surface area contributed by atoms with Gasteiger partial charge in [-0.3, -0.25) is 4.98 Å². The summed E-state index contributed by atoms with van der Waals surface area (Å²) in [5.74, 6) is 0. The lowest BCUT2D eigenvalue weighted by atomic mass is 9.77. The predicted octanol–water partition coefficient (Wildman–Crippen LogP) is 1.74. The highest BCUT2D eigenvalue weighted by atomic mass is 16.7. The van der Waals surface area contributed by atoms with Crippen LogP contribution in [-0.4, -0.2) is 28.4 Å². The standard InChI is InChI=1S/C14H22BNO3/c1-9-7-12(10(2)17)16-8-11(9)15-18-13(3,4)14(5,6)19-15/h7-8,10,17H,1-6H3. The minimum atomic E-state index is -0.564. The van der Waals surface area contributed by atoms with Gasteiger partial charge in [0.25, 0.3) is 0 Å². The van der Waals surface area contributed by atoms with Crippen molar-refractivity contribution in [2.45, 2.75) is 58.8 Å². The third-order valence-corrected chi connectivity index (χ3v) is 4.11.